The highest BCUT2D eigenvalue weighted by Gasteiger charge is 2.16. The van der Waals surface area contributed by atoms with E-state index in [0.29, 0.717) is 12.4 Å². The van der Waals surface area contributed by atoms with Crippen molar-refractivity contribution in [3.05, 3.63) is 0 Å². The molecule has 0 bridgehead atoms. The molecule has 0 aliphatic carbocycles. The first-order chi connectivity index (χ1) is 6.77. The maximum Gasteiger partial charge on any atom is 0.148 e. The number of alkyl halides is 1. The van der Waals surface area contributed by atoms with Gasteiger partial charge >= 0.3 is 0 Å². The van der Waals surface area contributed by atoms with Gasteiger partial charge in [0.05, 0.1) is 5.75 Å². The van der Waals surface area contributed by atoms with Gasteiger partial charge in [0.1, 0.15) is 9.84 Å². The second-order valence-corrected chi connectivity index (χ2v) is 7.40. The number of rotatable bonds is 8. The molecule has 15 heavy (non-hydrogen) atoms. The van der Waals surface area contributed by atoms with Crippen LogP contribution < -0.4 is 5.32 Å². The number of hydrogen-bond donors (Lipinski definition) is 1. The molecule has 0 unspecified atom stereocenters. The first-order valence-corrected chi connectivity index (χ1v) is 7.81. The summed E-state index contributed by atoms with van der Waals surface area (Å²) in [7, 11) is -2.84. The van der Waals surface area contributed by atoms with Gasteiger partial charge in [-0.2, -0.15) is 0 Å². The van der Waals surface area contributed by atoms with Gasteiger partial charge in [-0.1, -0.05) is 13.8 Å². The average Bonchev–Trinajstić information content (AvgIpc) is 2.08. The second kappa shape index (κ2) is 6.71. The zero-order chi connectivity index (χ0) is 11.9. The van der Waals surface area contributed by atoms with Gasteiger partial charge in [0.25, 0.3) is 0 Å². The molecule has 0 fully saturated rings. The molecule has 0 atom stereocenters. The van der Waals surface area contributed by atoms with Crippen LogP contribution in [0.3, 0.4) is 0 Å². The predicted octanol–water partition coefficient (Wildman–Crippen LogP) is 1.67. The Morgan fingerprint density at radius 2 is 1.93 bits per heavy atom. The molecule has 3 nitrogen and oxygen atoms in total. The number of hydrogen-bond acceptors (Lipinski definition) is 3. The molecule has 0 rings (SSSR count). The van der Waals surface area contributed by atoms with Gasteiger partial charge in [0.15, 0.2) is 0 Å². The fourth-order valence-electron chi connectivity index (χ4n) is 1.32. The van der Waals surface area contributed by atoms with Crippen molar-refractivity contribution in [1.82, 2.24) is 5.32 Å². The number of sulfone groups is 1. The van der Waals surface area contributed by atoms with E-state index in [1.54, 1.807) is 0 Å². The summed E-state index contributed by atoms with van der Waals surface area (Å²) in [6.45, 7) is 5.68. The maximum absolute atomic E-state index is 10.9. The van der Waals surface area contributed by atoms with Crippen molar-refractivity contribution in [2.45, 2.75) is 26.7 Å². The molecule has 0 saturated carbocycles. The first kappa shape index (κ1) is 15.2. The summed E-state index contributed by atoms with van der Waals surface area (Å²) in [6.07, 6.45) is 3.32. The maximum atomic E-state index is 10.9. The Bertz CT molecular complexity index is 263. The van der Waals surface area contributed by atoms with Crippen LogP contribution in [0, 0.1) is 5.41 Å². The average molecular weight is 256 g/mol. The highest BCUT2D eigenvalue weighted by molar-refractivity contribution is 7.90. The second-order valence-electron chi connectivity index (χ2n) is 4.76. The van der Waals surface area contributed by atoms with E-state index in [4.69, 9.17) is 11.6 Å². The Hall–Kier alpha value is 0.200. The van der Waals surface area contributed by atoms with E-state index in [0.717, 1.165) is 19.4 Å². The molecule has 0 amide bonds. The van der Waals surface area contributed by atoms with E-state index in [-0.39, 0.29) is 11.2 Å². The van der Waals surface area contributed by atoms with Crippen LogP contribution in [-0.4, -0.2) is 39.4 Å². The number of nitrogens with one attached hydrogen (secondary N) is 1. The van der Waals surface area contributed by atoms with Crippen molar-refractivity contribution >= 4 is 21.4 Å². The minimum Gasteiger partial charge on any atom is -0.315 e. The highest BCUT2D eigenvalue weighted by Crippen LogP contribution is 2.21. The van der Waals surface area contributed by atoms with E-state index in [2.05, 4.69) is 19.2 Å². The Morgan fingerprint density at radius 3 is 2.40 bits per heavy atom. The van der Waals surface area contributed by atoms with Crippen LogP contribution in [-0.2, 0) is 9.84 Å². The summed E-state index contributed by atoms with van der Waals surface area (Å²) in [5.41, 5.74) is 0.187. The summed E-state index contributed by atoms with van der Waals surface area (Å²) in [6, 6.07) is 0. The summed E-state index contributed by atoms with van der Waals surface area (Å²) in [5, 5.41) is 3.17. The molecule has 0 aromatic carbocycles. The molecule has 0 aromatic rings. The van der Waals surface area contributed by atoms with Crippen molar-refractivity contribution < 1.29 is 8.42 Å². The lowest BCUT2D eigenvalue weighted by Crippen LogP contribution is -2.32. The Balaban J connectivity index is 3.66. The molecule has 0 aliphatic heterocycles. The standard InChI is InChI=1S/C10H22ClNO2S/c1-10(2,5-4-6-11)9-12-7-8-15(3,13)14/h12H,4-9H2,1-3H3. The Morgan fingerprint density at radius 1 is 1.33 bits per heavy atom. The van der Waals surface area contributed by atoms with Gasteiger partial charge in [-0.25, -0.2) is 8.42 Å². The lowest BCUT2D eigenvalue weighted by Gasteiger charge is -2.24. The zero-order valence-corrected chi connectivity index (χ0v) is 11.4. The Kier molecular flexibility index (Phi) is 6.80. The van der Waals surface area contributed by atoms with E-state index in [9.17, 15) is 8.42 Å². The van der Waals surface area contributed by atoms with Crippen molar-refractivity contribution in [3.63, 3.8) is 0 Å². The van der Waals surface area contributed by atoms with E-state index in [1.807, 2.05) is 0 Å². The SMILES string of the molecule is CC(C)(CCCCl)CNCCS(C)(=O)=O. The van der Waals surface area contributed by atoms with Crippen LogP contribution in [0.4, 0.5) is 0 Å². The summed E-state index contributed by atoms with van der Waals surface area (Å²) < 4.78 is 21.7. The summed E-state index contributed by atoms with van der Waals surface area (Å²) >= 11 is 5.63. The van der Waals surface area contributed by atoms with Crippen molar-refractivity contribution in [1.29, 1.82) is 0 Å². The predicted molar refractivity (Wildman–Crippen MR) is 66.3 cm³/mol. The summed E-state index contributed by atoms with van der Waals surface area (Å²) in [5.74, 6) is 0.894. The van der Waals surface area contributed by atoms with Crippen LogP contribution in [0.25, 0.3) is 0 Å². The number of halogens is 1. The normalized spacial score (nSPS) is 13.1. The third kappa shape index (κ3) is 10.5. The molecule has 0 aliphatic rings. The van der Waals surface area contributed by atoms with Gasteiger partial charge in [0.2, 0.25) is 0 Å². The van der Waals surface area contributed by atoms with Gasteiger partial charge in [-0.05, 0) is 18.3 Å². The third-order valence-corrected chi connectivity index (χ3v) is 3.45. The largest absolute Gasteiger partial charge is 0.315 e. The van der Waals surface area contributed by atoms with E-state index >= 15 is 0 Å². The van der Waals surface area contributed by atoms with Gasteiger partial charge < -0.3 is 5.32 Å². The topological polar surface area (TPSA) is 46.2 Å². The first-order valence-electron chi connectivity index (χ1n) is 5.21. The van der Waals surface area contributed by atoms with Gasteiger partial charge in [0, 0.05) is 25.2 Å². The van der Waals surface area contributed by atoms with Gasteiger partial charge in [-0.3, -0.25) is 0 Å². The monoisotopic (exact) mass is 255 g/mol. The van der Waals surface area contributed by atoms with Crippen molar-refractivity contribution in [2.75, 3.05) is 31.0 Å². The molecule has 0 heterocycles. The third-order valence-electron chi connectivity index (χ3n) is 2.24. The molecule has 0 aromatic heterocycles. The minimum atomic E-state index is -2.84. The van der Waals surface area contributed by atoms with Crippen molar-refractivity contribution in [2.24, 2.45) is 5.41 Å². The molecule has 0 radical (unpaired) electrons. The quantitative estimate of drug-likeness (QED) is 0.530. The molecule has 0 spiro atoms. The van der Waals surface area contributed by atoms with Crippen LogP contribution >= 0.6 is 11.6 Å². The smallest absolute Gasteiger partial charge is 0.148 e. The fraction of sp³-hybridized carbons (Fsp3) is 1.00. The summed E-state index contributed by atoms with van der Waals surface area (Å²) in [4.78, 5) is 0. The zero-order valence-electron chi connectivity index (χ0n) is 9.85. The Labute approximate surface area is 98.5 Å². The van der Waals surface area contributed by atoms with Crippen LogP contribution in [0.2, 0.25) is 0 Å². The fourth-order valence-corrected chi connectivity index (χ4v) is 1.97. The van der Waals surface area contributed by atoms with E-state index in [1.165, 1.54) is 6.26 Å². The lowest BCUT2D eigenvalue weighted by atomic mass is 9.88. The molecule has 0 saturated heterocycles. The molecule has 5 heteroatoms. The molecular weight excluding hydrogens is 234 g/mol. The highest BCUT2D eigenvalue weighted by atomic mass is 35.5. The molecule has 92 valence electrons. The molecular formula is C10H22ClNO2S. The van der Waals surface area contributed by atoms with Crippen LogP contribution in [0.15, 0.2) is 0 Å². The van der Waals surface area contributed by atoms with E-state index < -0.39 is 9.84 Å². The molecule has 1 N–H and O–H groups in total. The van der Waals surface area contributed by atoms with Crippen LogP contribution in [0.1, 0.15) is 26.7 Å². The lowest BCUT2D eigenvalue weighted by molar-refractivity contribution is 0.315. The van der Waals surface area contributed by atoms with Crippen molar-refractivity contribution in [3.8, 4) is 0 Å². The van der Waals surface area contributed by atoms with Gasteiger partial charge in [-0.15, -0.1) is 11.6 Å². The van der Waals surface area contributed by atoms with Crippen LogP contribution in [0.5, 0.6) is 0 Å². The minimum absolute atomic E-state index is 0.187.